The summed E-state index contributed by atoms with van der Waals surface area (Å²) in [7, 11) is 2.17. The maximum absolute atomic E-state index is 6.13. The lowest BCUT2D eigenvalue weighted by Crippen LogP contribution is -2.28. The fourth-order valence-corrected chi connectivity index (χ4v) is 5.86. The first-order valence-corrected chi connectivity index (χ1v) is 11.3. The van der Waals surface area contributed by atoms with Crippen molar-refractivity contribution in [3.05, 3.63) is 71.9 Å². The number of aryl methyl sites for hydroxylation is 2. The molecule has 0 aliphatic carbocycles. The lowest BCUT2D eigenvalue weighted by atomic mass is 9.99. The fraction of sp³-hybridized carbons (Fsp3) is 0.250. The second-order valence-electron chi connectivity index (χ2n) is 9.14. The number of benzene rings is 3. The topological polar surface area (TPSA) is 17.5 Å². The van der Waals surface area contributed by atoms with Gasteiger partial charge in [0.2, 0.25) is 5.52 Å². The Labute approximate surface area is 180 Å². The molecule has 0 amide bonds. The quantitative estimate of drug-likeness (QED) is 0.177. The van der Waals surface area contributed by atoms with Crippen LogP contribution in [0.1, 0.15) is 36.5 Å². The van der Waals surface area contributed by atoms with Crippen molar-refractivity contribution < 1.29 is 9.30 Å². The van der Waals surface area contributed by atoms with Crippen molar-refractivity contribution in [1.29, 1.82) is 0 Å². The first-order chi connectivity index (χ1) is 15.2. The van der Waals surface area contributed by atoms with Gasteiger partial charge in [0.25, 0.3) is 0 Å². The highest BCUT2D eigenvalue weighted by Gasteiger charge is 2.24. The monoisotopic (exact) mass is 405 g/mol. The zero-order valence-corrected chi connectivity index (χ0v) is 18.0. The molecule has 0 saturated carbocycles. The average Bonchev–Trinajstić information content (AvgIpc) is 3.14. The second kappa shape index (κ2) is 6.18. The number of hydrogen-bond donors (Lipinski definition) is 0. The van der Waals surface area contributed by atoms with E-state index >= 15 is 0 Å². The lowest BCUT2D eigenvalue weighted by Gasteiger charge is -2.23. The summed E-state index contributed by atoms with van der Waals surface area (Å²) in [5.74, 6) is 0. The summed E-state index contributed by atoms with van der Waals surface area (Å²) in [5, 5.41) is 6.64. The molecule has 1 saturated heterocycles. The van der Waals surface area contributed by atoms with Crippen LogP contribution in [0.15, 0.2) is 60.8 Å². The Hall–Kier alpha value is -3.17. The van der Waals surface area contributed by atoms with Crippen LogP contribution in [-0.4, -0.2) is 11.0 Å². The number of nitrogens with zero attached hydrogens (tertiary/aromatic N) is 2. The van der Waals surface area contributed by atoms with Crippen LogP contribution < -0.4 is 4.57 Å². The van der Waals surface area contributed by atoms with Crippen LogP contribution in [-0.2, 0) is 11.8 Å². The van der Waals surface area contributed by atoms with E-state index in [1.807, 2.05) is 0 Å². The number of rotatable bonds is 1. The molecule has 4 heterocycles. The van der Waals surface area contributed by atoms with Crippen LogP contribution in [0.2, 0.25) is 0 Å². The van der Waals surface area contributed by atoms with Crippen molar-refractivity contribution in [1.82, 2.24) is 4.40 Å². The standard InChI is InChI=1S/C28H25N2O/c1-17-9-11-21-20-12-10-19(24-8-3-4-15-31-24)16-23(20)30-22-7-5-6-18-13-14-29(2)28(26(18)22)25(17)27(21)30/h5-7,9-14,16,24H,3-4,8,15H2,1-2H3/q+1. The summed E-state index contributed by atoms with van der Waals surface area (Å²) in [4.78, 5) is 0. The highest BCUT2D eigenvalue weighted by atomic mass is 16.5. The first-order valence-electron chi connectivity index (χ1n) is 11.3. The minimum Gasteiger partial charge on any atom is -0.374 e. The van der Waals surface area contributed by atoms with Crippen molar-refractivity contribution in [3.63, 3.8) is 0 Å². The van der Waals surface area contributed by atoms with Gasteiger partial charge in [-0.1, -0.05) is 36.4 Å². The van der Waals surface area contributed by atoms with Crippen LogP contribution in [0, 0.1) is 6.92 Å². The van der Waals surface area contributed by atoms with Gasteiger partial charge in [0.05, 0.1) is 33.4 Å². The normalized spacial score (nSPS) is 17.7. The Bertz CT molecular complexity index is 1640. The zero-order valence-electron chi connectivity index (χ0n) is 18.0. The van der Waals surface area contributed by atoms with Gasteiger partial charge >= 0.3 is 0 Å². The Morgan fingerprint density at radius 2 is 1.84 bits per heavy atom. The maximum Gasteiger partial charge on any atom is 0.224 e. The van der Waals surface area contributed by atoms with Crippen molar-refractivity contribution in [3.8, 4) is 0 Å². The summed E-state index contributed by atoms with van der Waals surface area (Å²) in [6, 6.07) is 20.5. The summed E-state index contributed by atoms with van der Waals surface area (Å²) in [5.41, 5.74) is 7.86. The van der Waals surface area contributed by atoms with Gasteiger partial charge in [-0.2, -0.15) is 0 Å². The van der Waals surface area contributed by atoms with Gasteiger partial charge in [-0.25, -0.2) is 4.57 Å². The molecule has 7 rings (SSSR count). The van der Waals surface area contributed by atoms with Crippen LogP contribution in [0.5, 0.6) is 0 Å². The van der Waals surface area contributed by atoms with Crippen molar-refractivity contribution in [2.75, 3.05) is 6.61 Å². The molecule has 3 aromatic carbocycles. The van der Waals surface area contributed by atoms with E-state index in [4.69, 9.17) is 4.74 Å². The van der Waals surface area contributed by atoms with E-state index in [-0.39, 0.29) is 6.10 Å². The van der Waals surface area contributed by atoms with E-state index in [0.717, 1.165) is 13.0 Å². The molecule has 0 N–H and O–H groups in total. The molecular formula is C28H25N2O+. The third-order valence-corrected chi connectivity index (χ3v) is 7.33. The molecule has 1 aliphatic rings. The van der Waals surface area contributed by atoms with E-state index in [0.29, 0.717) is 0 Å². The number of ether oxygens (including phenoxy) is 1. The molecule has 6 aromatic rings. The van der Waals surface area contributed by atoms with Gasteiger partial charge in [0.15, 0.2) is 6.20 Å². The largest absolute Gasteiger partial charge is 0.374 e. The first kappa shape index (κ1) is 17.5. The zero-order chi connectivity index (χ0) is 20.7. The molecule has 3 aromatic heterocycles. The molecule has 152 valence electrons. The Morgan fingerprint density at radius 1 is 0.935 bits per heavy atom. The average molecular weight is 406 g/mol. The Kier molecular flexibility index (Phi) is 3.49. The lowest BCUT2D eigenvalue weighted by molar-refractivity contribution is -0.643. The molecule has 3 heteroatoms. The van der Waals surface area contributed by atoms with E-state index < -0.39 is 0 Å². The smallest absolute Gasteiger partial charge is 0.224 e. The third-order valence-electron chi connectivity index (χ3n) is 7.33. The van der Waals surface area contributed by atoms with Crippen LogP contribution >= 0.6 is 0 Å². The number of aromatic nitrogens is 2. The minimum absolute atomic E-state index is 0.217. The van der Waals surface area contributed by atoms with E-state index in [2.05, 4.69) is 83.7 Å². The predicted octanol–water partition coefficient (Wildman–Crippen LogP) is 6.36. The van der Waals surface area contributed by atoms with E-state index in [1.54, 1.807) is 0 Å². The number of fused-ring (bicyclic) bond motifs is 5. The fourth-order valence-electron chi connectivity index (χ4n) is 5.86. The van der Waals surface area contributed by atoms with Gasteiger partial charge in [0, 0.05) is 23.4 Å². The number of pyridine rings is 2. The molecule has 31 heavy (non-hydrogen) atoms. The SMILES string of the molecule is Cc1ccc2c3ccc(C4CCCCO4)cc3n3c4cccc5cc[n+](C)c(c1c23)c54. The van der Waals surface area contributed by atoms with Gasteiger partial charge < -0.3 is 9.14 Å². The second-order valence-corrected chi connectivity index (χ2v) is 9.14. The van der Waals surface area contributed by atoms with Crippen LogP contribution in [0.3, 0.4) is 0 Å². The molecule has 1 aliphatic heterocycles. The van der Waals surface area contributed by atoms with Gasteiger partial charge in [-0.3, -0.25) is 0 Å². The highest BCUT2D eigenvalue weighted by molar-refractivity contribution is 6.25. The number of hydrogen-bond acceptors (Lipinski definition) is 1. The van der Waals surface area contributed by atoms with Gasteiger partial charge in [0.1, 0.15) is 7.05 Å². The van der Waals surface area contributed by atoms with Crippen molar-refractivity contribution in [2.24, 2.45) is 7.05 Å². The van der Waals surface area contributed by atoms with Crippen LogP contribution in [0.25, 0.3) is 49.0 Å². The summed E-state index contributed by atoms with van der Waals surface area (Å²) in [6.07, 6.45) is 5.95. The summed E-state index contributed by atoms with van der Waals surface area (Å²) in [6.45, 7) is 3.11. The highest BCUT2D eigenvalue weighted by Crippen LogP contribution is 2.41. The molecule has 3 nitrogen and oxygen atoms in total. The summed E-state index contributed by atoms with van der Waals surface area (Å²) >= 11 is 0. The predicted molar refractivity (Wildman–Crippen MR) is 127 cm³/mol. The molecule has 0 bridgehead atoms. The Morgan fingerprint density at radius 3 is 2.71 bits per heavy atom. The van der Waals surface area contributed by atoms with E-state index in [1.165, 1.54) is 73.0 Å². The van der Waals surface area contributed by atoms with Gasteiger partial charge in [-0.05, 0) is 54.8 Å². The molecule has 0 radical (unpaired) electrons. The van der Waals surface area contributed by atoms with Gasteiger partial charge in [-0.15, -0.1) is 0 Å². The molecule has 1 unspecified atom stereocenters. The van der Waals surface area contributed by atoms with E-state index in [9.17, 15) is 0 Å². The maximum atomic E-state index is 6.13. The molecule has 0 spiro atoms. The van der Waals surface area contributed by atoms with Crippen molar-refractivity contribution in [2.45, 2.75) is 32.3 Å². The Balaban J connectivity index is 1.74. The molecule has 1 atom stereocenters. The van der Waals surface area contributed by atoms with Crippen LogP contribution in [0.4, 0.5) is 0 Å². The summed E-state index contributed by atoms with van der Waals surface area (Å²) < 4.78 is 10.9. The third kappa shape index (κ3) is 2.25. The molecular weight excluding hydrogens is 380 g/mol. The van der Waals surface area contributed by atoms with Crippen molar-refractivity contribution >= 4 is 49.0 Å². The molecule has 1 fully saturated rings. The minimum atomic E-state index is 0.217.